The molecule has 0 aromatic heterocycles. The largest absolute Gasteiger partial charge is 0.345 e. The van der Waals surface area contributed by atoms with Crippen LogP contribution in [0.25, 0.3) is 0 Å². The fourth-order valence-electron chi connectivity index (χ4n) is 1.56. The van der Waals surface area contributed by atoms with Gasteiger partial charge in [-0.25, -0.2) is 9.34 Å². The summed E-state index contributed by atoms with van der Waals surface area (Å²) in [6.07, 6.45) is 0. The van der Waals surface area contributed by atoms with E-state index in [-0.39, 0.29) is 0 Å². The molecule has 1 rings (SSSR count). The zero-order chi connectivity index (χ0) is 10.6. The summed E-state index contributed by atoms with van der Waals surface area (Å²) in [4.78, 5) is 0. The van der Waals surface area contributed by atoms with Crippen LogP contribution in [0, 0.1) is 0 Å². The quantitative estimate of drug-likeness (QED) is 0.558. The van der Waals surface area contributed by atoms with Gasteiger partial charge in [0.05, 0.1) is 0 Å². The first-order chi connectivity index (χ1) is 6.69. The lowest BCUT2D eigenvalue weighted by atomic mass is 10.5. The highest BCUT2D eigenvalue weighted by Gasteiger charge is 2.42. The molecular formula is C7H15Cl2N2O2P. The Morgan fingerprint density at radius 1 is 1.21 bits per heavy atom. The molecule has 4 nitrogen and oxygen atoms in total. The standard InChI is InChI=1S/C7H15Cl2N2O2P/c1-13-14(12)10(4-2-8)6-7-11(14)5-3-9/h2-7H2,1H3. The van der Waals surface area contributed by atoms with Gasteiger partial charge in [-0.1, -0.05) is 0 Å². The fourth-order valence-corrected chi connectivity index (χ4v) is 4.42. The molecule has 0 unspecified atom stereocenters. The maximum Gasteiger partial charge on any atom is 0.345 e. The third-order valence-corrected chi connectivity index (χ3v) is 5.30. The summed E-state index contributed by atoms with van der Waals surface area (Å²) in [7, 11) is -1.34. The molecule has 1 saturated heterocycles. The third-order valence-electron chi connectivity index (χ3n) is 2.25. The molecular weight excluding hydrogens is 246 g/mol. The molecule has 0 N–H and O–H groups in total. The zero-order valence-corrected chi connectivity index (χ0v) is 10.6. The van der Waals surface area contributed by atoms with E-state index in [4.69, 9.17) is 27.7 Å². The van der Waals surface area contributed by atoms with Gasteiger partial charge in [0.1, 0.15) is 0 Å². The monoisotopic (exact) mass is 260 g/mol. The molecule has 84 valence electrons. The highest BCUT2D eigenvalue weighted by Crippen LogP contribution is 2.56. The van der Waals surface area contributed by atoms with Crippen LogP contribution < -0.4 is 0 Å². The lowest BCUT2D eigenvalue weighted by Crippen LogP contribution is -2.23. The molecule has 0 aromatic rings. The minimum Gasteiger partial charge on any atom is -0.309 e. The van der Waals surface area contributed by atoms with Gasteiger partial charge in [0.2, 0.25) is 0 Å². The smallest absolute Gasteiger partial charge is 0.309 e. The maximum atomic E-state index is 12.3. The van der Waals surface area contributed by atoms with E-state index in [0.717, 1.165) is 13.1 Å². The molecule has 0 amide bonds. The van der Waals surface area contributed by atoms with Crippen molar-refractivity contribution in [3.05, 3.63) is 0 Å². The molecule has 0 atom stereocenters. The lowest BCUT2D eigenvalue weighted by molar-refractivity contribution is 0.302. The average molecular weight is 261 g/mol. The van der Waals surface area contributed by atoms with E-state index >= 15 is 0 Å². The summed E-state index contributed by atoms with van der Waals surface area (Å²) in [6, 6.07) is 0. The first-order valence-corrected chi connectivity index (χ1v) is 7.07. The highest BCUT2D eigenvalue weighted by molar-refractivity contribution is 7.54. The second-order valence-electron chi connectivity index (χ2n) is 2.96. The van der Waals surface area contributed by atoms with Gasteiger partial charge in [-0.05, 0) is 0 Å². The van der Waals surface area contributed by atoms with Crippen molar-refractivity contribution in [2.75, 3.05) is 45.0 Å². The molecule has 0 saturated carbocycles. The van der Waals surface area contributed by atoms with E-state index < -0.39 is 7.67 Å². The van der Waals surface area contributed by atoms with Crippen LogP contribution in [0.5, 0.6) is 0 Å². The summed E-state index contributed by atoms with van der Waals surface area (Å²) in [5.41, 5.74) is 0. The van der Waals surface area contributed by atoms with Crippen molar-refractivity contribution in [1.82, 2.24) is 9.34 Å². The van der Waals surface area contributed by atoms with Crippen LogP contribution in [0.15, 0.2) is 0 Å². The Bertz CT molecular complexity index is 212. The normalized spacial score (nSPS) is 23.1. The number of hydrogen-bond acceptors (Lipinski definition) is 2. The van der Waals surface area contributed by atoms with Crippen molar-refractivity contribution in [3.63, 3.8) is 0 Å². The van der Waals surface area contributed by atoms with Gasteiger partial charge in [0.15, 0.2) is 0 Å². The maximum absolute atomic E-state index is 12.3. The van der Waals surface area contributed by atoms with Crippen molar-refractivity contribution in [1.29, 1.82) is 0 Å². The molecule has 1 fully saturated rings. The molecule has 1 aliphatic heterocycles. The van der Waals surface area contributed by atoms with E-state index in [2.05, 4.69) is 0 Å². The number of alkyl halides is 2. The van der Waals surface area contributed by atoms with Crippen LogP contribution in [0.4, 0.5) is 0 Å². The second kappa shape index (κ2) is 5.69. The molecule has 0 aromatic carbocycles. The van der Waals surface area contributed by atoms with Gasteiger partial charge in [-0.2, -0.15) is 0 Å². The van der Waals surface area contributed by atoms with Crippen LogP contribution in [0.2, 0.25) is 0 Å². The predicted molar refractivity (Wildman–Crippen MR) is 59.2 cm³/mol. The topological polar surface area (TPSA) is 32.8 Å². The lowest BCUT2D eigenvalue weighted by Gasteiger charge is -2.26. The van der Waals surface area contributed by atoms with Gasteiger partial charge in [0, 0.05) is 45.0 Å². The molecule has 1 heterocycles. The van der Waals surface area contributed by atoms with Crippen LogP contribution >= 0.6 is 30.9 Å². The summed E-state index contributed by atoms with van der Waals surface area (Å²) in [5.74, 6) is 0.921. The van der Waals surface area contributed by atoms with E-state index in [1.165, 1.54) is 7.11 Å². The van der Waals surface area contributed by atoms with Crippen molar-refractivity contribution >= 4 is 30.9 Å². The van der Waals surface area contributed by atoms with E-state index in [0.29, 0.717) is 24.8 Å². The summed E-state index contributed by atoms with van der Waals surface area (Å²) in [5, 5.41) is 0. The Balaban J connectivity index is 2.70. The zero-order valence-electron chi connectivity index (χ0n) is 8.16. The first-order valence-electron chi connectivity index (χ1n) is 4.47. The Kier molecular flexibility index (Phi) is 5.18. The SMILES string of the molecule is COP1(=O)N(CCCl)CCN1CCCl. The molecule has 0 aliphatic carbocycles. The van der Waals surface area contributed by atoms with Gasteiger partial charge in [0.25, 0.3) is 0 Å². The van der Waals surface area contributed by atoms with Crippen molar-refractivity contribution in [3.8, 4) is 0 Å². The number of nitrogens with zero attached hydrogens (tertiary/aromatic N) is 2. The number of halogens is 2. The van der Waals surface area contributed by atoms with Crippen LogP contribution in [0.3, 0.4) is 0 Å². The molecule has 14 heavy (non-hydrogen) atoms. The third kappa shape index (κ3) is 2.43. The van der Waals surface area contributed by atoms with Gasteiger partial charge in [-0.3, -0.25) is 4.57 Å². The van der Waals surface area contributed by atoms with E-state index in [1.54, 1.807) is 9.34 Å². The van der Waals surface area contributed by atoms with Crippen LogP contribution in [0.1, 0.15) is 0 Å². The molecule has 0 radical (unpaired) electrons. The van der Waals surface area contributed by atoms with Crippen molar-refractivity contribution in [2.24, 2.45) is 0 Å². The Hall–Kier alpha value is 0.690. The highest BCUT2D eigenvalue weighted by atomic mass is 35.5. The van der Waals surface area contributed by atoms with Crippen LogP contribution in [-0.4, -0.2) is 54.4 Å². The first kappa shape index (κ1) is 12.8. The number of hydrogen-bond donors (Lipinski definition) is 0. The minimum atomic E-state index is -2.81. The summed E-state index contributed by atoms with van der Waals surface area (Å²) >= 11 is 11.3. The van der Waals surface area contributed by atoms with Gasteiger partial charge < -0.3 is 4.52 Å². The van der Waals surface area contributed by atoms with E-state index in [9.17, 15) is 4.57 Å². The Morgan fingerprint density at radius 2 is 1.64 bits per heavy atom. The molecule has 0 bridgehead atoms. The second-order valence-corrected chi connectivity index (χ2v) is 6.19. The average Bonchev–Trinajstić information content (AvgIpc) is 2.48. The fraction of sp³-hybridized carbons (Fsp3) is 1.00. The van der Waals surface area contributed by atoms with E-state index in [1.807, 2.05) is 0 Å². The van der Waals surface area contributed by atoms with Crippen LogP contribution in [-0.2, 0) is 9.09 Å². The summed E-state index contributed by atoms with van der Waals surface area (Å²) < 4.78 is 21.1. The minimum absolute atomic E-state index is 0.460. The molecule has 0 spiro atoms. The molecule has 1 aliphatic rings. The Morgan fingerprint density at radius 3 is 1.93 bits per heavy atom. The summed E-state index contributed by atoms with van der Waals surface area (Å²) in [6.45, 7) is 2.64. The Labute approximate surface area is 94.7 Å². The number of rotatable bonds is 5. The van der Waals surface area contributed by atoms with Gasteiger partial charge in [-0.15, -0.1) is 23.2 Å². The van der Waals surface area contributed by atoms with Crippen molar-refractivity contribution < 1.29 is 9.09 Å². The predicted octanol–water partition coefficient (Wildman–Crippen LogP) is 1.84. The van der Waals surface area contributed by atoms with Gasteiger partial charge >= 0.3 is 7.67 Å². The van der Waals surface area contributed by atoms with Crippen molar-refractivity contribution in [2.45, 2.75) is 0 Å². The molecule has 7 heteroatoms.